The Morgan fingerprint density at radius 2 is 1.65 bits per heavy atom. The number of aromatic nitrogens is 1. The quantitative estimate of drug-likeness (QED) is 0.215. The Bertz CT molecular complexity index is 1640. The molecule has 0 aliphatic carbocycles. The summed E-state index contributed by atoms with van der Waals surface area (Å²) >= 11 is 0. The zero-order valence-corrected chi connectivity index (χ0v) is 21.3. The lowest BCUT2D eigenvalue weighted by atomic mass is 9.93. The molecule has 5 aromatic rings. The molecule has 0 saturated heterocycles. The molecular weight excluding hydrogens is 458 g/mol. The number of fused-ring (bicyclic) bond motifs is 4. The lowest BCUT2D eigenvalue weighted by molar-refractivity contribution is 0.487. The molecule has 0 amide bonds. The Hall–Kier alpha value is -4.30. The van der Waals surface area contributed by atoms with E-state index in [2.05, 4.69) is 55.1 Å². The predicted molar refractivity (Wildman–Crippen MR) is 149 cm³/mol. The van der Waals surface area contributed by atoms with E-state index in [-0.39, 0.29) is 0 Å². The number of nitrogens with zero attached hydrogens (tertiary/aromatic N) is 3. The third-order valence-corrected chi connectivity index (χ3v) is 7.14. The zero-order valence-electron chi connectivity index (χ0n) is 21.3. The first kappa shape index (κ1) is 23.1. The van der Waals surface area contributed by atoms with Crippen LogP contribution in [0.3, 0.4) is 0 Å². The van der Waals surface area contributed by atoms with E-state index in [0.717, 1.165) is 63.2 Å². The molecule has 0 bridgehead atoms. The minimum absolute atomic E-state index is 0.543. The molecule has 6 rings (SSSR count). The van der Waals surface area contributed by atoms with Gasteiger partial charge in [0.05, 0.1) is 11.6 Å². The summed E-state index contributed by atoms with van der Waals surface area (Å²) in [6, 6.07) is 24.3. The van der Waals surface area contributed by atoms with Crippen LogP contribution in [0.25, 0.3) is 44.5 Å². The van der Waals surface area contributed by atoms with Crippen LogP contribution in [-0.2, 0) is 0 Å². The molecule has 5 nitrogen and oxygen atoms in total. The van der Waals surface area contributed by atoms with Crippen LogP contribution in [-0.4, -0.2) is 18.1 Å². The van der Waals surface area contributed by atoms with Gasteiger partial charge in [0.1, 0.15) is 17.0 Å². The van der Waals surface area contributed by atoms with E-state index in [4.69, 9.17) is 19.4 Å². The normalized spacial score (nSPS) is 11.8. The van der Waals surface area contributed by atoms with Gasteiger partial charge in [-0.3, -0.25) is 0 Å². The van der Waals surface area contributed by atoms with Gasteiger partial charge in [0.15, 0.2) is 5.58 Å². The molecule has 4 aromatic carbocycles. The van der Waals surface area contributed by atoms with Crippen LogP contribution < -0.4 is 9.64 Å². The van der Waals surface area contributed by atoms with Crippen molar-refractivity contribution in [1.29, 1.82) is 5.26 Å². The highest BCUT2D eigenvalue weighted by Gasteiger charge is 2.24. The molecule has 184 valence electrons. The second kappa shape index (κ2) is 9.63. The molecule has 0 spiro atoms. The molecular formula is C32H29N3O2. The fraction of sp³-hybridized carbons (Fsp3) is 0.250. The first-order valence-electron chi connectivity index (χ1n) is 13.1. The van der Waals surface area contributed by atoms with Crippen molar-refractivity contribution < 1.29 is 9.15 Å². The summed E-state index contributed by atoms with van der Waals surface area (Å²) < 4.78 is 12.8. The van der Waals surface area contributed by atoms with Gasteiger partial charge in [-0.15, -0.1) is 0 Å². The third kappa shape index (κ3) is 4.09. The topological polar surface area (TPSA) is 62.3 Å². The van der Waals surface area contributed by atoms with E-state index >= 15 is 0 Å². The monoisotopic (exact) mass is 487 g/mol. The van der Waals surface area contributed by atoms with E-state index in [1.54, 1.807) is 12.1 Å². The largest absolute Gasteiger partial charge is 0.456 e. The van der Waals surface area contributed by atoms with Gasteiger partial charge in [0.25, 0.3) is 0 Å². The van der Waals surface area contributed by atoms with Gasteiger partial charge >= 0.3 is 0 Å². The summed E-state index contributed by atoms with van der Waals surface area (Å²) in [6.07, 6.45) is 4.71. The van der Waals surface area contributed by atoms with Gasteiger partial charge < -0.3 is 14.1 Å². The lowest BCUT2D eigenvalue weighted by Gasteiger charge is -2.27. The van der Waals surface area contributed by atoms with Crippen molar-refractivity contribution in [2.75, 3.05) is 18.0 Å². The summed E-state index contributed by atoms with van der Waals surface area (Å²) in [6.45, 7) is 6.58. The summed E-state index contributed by atoms with van der Waals surface area (Å²) in [4.78, 5) is 7.33. The fourth-order valence-corrected chi connectivity index (χ4v) is 5.14. The average molecular weight is 488 g/mol. The van der Waals surface area contributed by atoms with Gasteiger partial charge in [-0.05, 0) is 61.4 Å². The minimum atomic E-state index is 0.543. The minimum Gasteiger partial charge on any atom is -0.456 e. The van der Waals surface area contributed by atoms with Gasteiger partial charge in [-0.1, -0.05) is 38.8 Å². The van der Waals surface area contributed by atoms with Crippen molar-refractivity contribution in [1.82, 2.24) is 4.98 Å². The van der Waals surface area contributed by atoms with Crippen LogP contribution in [0.4, 0.5) is 5.69 Å². The van der Waals surface area contributed by atoms with Crippen molar-refractivity contribution >= 4 is 27.6 Å². The molecule has 0 radical (unpaired) electrons. The zero-order chi connectivity index (χ0) is 25.4. The second-order valence-corrected chi connectivity index (χ2v) is 9.63. The van der Waals surface area contributed by atoms with Crippen LogP contribution in [0, 0.1) is 11.3 Å². The van der Waals surface area contributed by atoms with Crippen molar-refractivity contribution in [3.05, 3.63) is 72.3 Å². The molecule has 37 heavy (non-hydrogen) atoms. The Balaban J connectivity index is 1.46. The molecule has 2 heterocycles. The highest BCUT2D eigenvalue weighted by atomic mass is 16.5. The summed E-state index contributed by atoms with van der Waals surface area (Å²) in [7, 11) is 0. The van der Waals surface area contributed by atoms with Crippen LogP contribution in [0.1, 0.15) is 45.1 Å². The van der Waals surface area contributed by atoms with Crippen molar-refractivity contribution in [2.45, 2.75) is 39.5 Å². The van der Waals surface area contributed by atoms with Crippen LogP contribution in [0.15, 0.2) is 71.1 Å². The van der Waals surface area contributed by atoms with E-state index in [1.165, 1.54) is 31.4 Å². The van der Waals surface area contributed by atoms with Crippen molar-refractivity contribution in [3.8, 4) is 40.1 Å². The molecule has 0 unspecified atom stereocenters. The predicted octanol–water partition coefficient (Wildman–Crippen LogP) is 8.70. The van der Waals surface area contributed by atoms with E-state index in [1.807, 2.05) is 24.3 Å². The van der Waals surface area contributed by atoms with Gasteiger partial charge in [-0.25, -0.2) is 4.98 Å². The Kier molecular flexibility index (Phi) is 6.02. The first-order chi connectivity index (χ1) is 18.2. The molecule has 1 aromatic heterocycles. The molecule has 1 aliphatic rings. The molecule has 0 atom stereocenters. The standard InChI is InChI=1S/C32H29N3O2/c1-3-5-16-35(17-6-4-2)23-14-15-24-26-19-29-31(25-8-7-9-27(30(25)26)36-28(24)18-23)34-32(37-29)22-12-10-21(20-33)11-13-22/h7-15,18-19H,3-6,16-17H2,1-2H3. The van der Waals surface area contributed by atoms with Crippen molar-refractivity contribution in [3.63, 3.8) is 0 Å². The number of oxazole rings is 1. The maximum absolute atomic E-state index is 9.12. The Morgan fingerprint density at radius 3 is 2.38 bits per heavy atom. The third-order valence-electron chi connectivity index (χ3n) is 7.14. The number of nitriles is 1. The number of unbranched alkanes of at least 4 members (excludes halogenated alkanes) is 2. The fourth-order valence-electron chi connectivity index (χ4n) is 5.14. The molecule has 5 heteroatoms. The average Bonchev–Trinajstić information content (AvgIpc) is 3.37. The maximum Gasteiger partial charge on any atom is 0.227 e. The molecule has 0 N–H and O–H groups in total. The van der Waals surface area contributed by atoms with E-state index in [9.17, 15) is 0 Å². The molecule has 0 saturated carbocycles. The maximum atomic E-state index is 9.12. The number of anilines is 1. The smallest absolute Gasteiger partial charge is 0.227 e. The second-order valence-electron chi connectivity index (χ2n) is 9.63. The number of rotatable bonds is 8. The number of ether oxygens (including phenoxy) is 1. The Morgan fingerprint density at radius 1 is 0.865 bits per heavy atom. The highest BCUT2D eigenvalue weighted by molar-refractivity contribution is 6.15. The summed E-state index contributed by atoms with van der Waals surface area (Å²) in [5, 5.41) is 11.2. The lowest BCUT2D eigenvalue weighted by Crippen LogP contribution is -2.25. The van der Waals surface area contributed by atoms with E-state index < -0.39 is 0 Å². The number of hydrogen-bond donors (Lipinski definition) is 0. The first-order valence-corrected chi connectivity index (χ1v) is 13.1. The highest BCUT2D eigenvalue weighted by Crippen LogP contribution is 2.49. The summed E-state index contributed by atoms with van der Waals surface area (Å²) in [5.74, 6) is 2.26. The van der Waals surface area contributed by atoms with Gasteiger partial charge in [0, 0.05) is 52.3 Å². The van der Waals surface area contributed by atoms with Crippen LogP contribution in [0.5, 0.6) is 11.5 Å². The molecule has 0 fully saturated rings. The van der Waals surface area contributed by atoms with Gasteiger partial charge in [-0.2, -0.15) is 5.26 Å². The van der Waals surface area contributed by atoms with E-state index in [0.29, 0.717) is 11.5 Å². The van der Waals surface area contributed by atoms with Crippen molar-refractivity contribution in [2.24, 2.45) is 0 Å². The SMILES string of the molecule is CCCCN(CCCC)c1ccc2c(c1)Oc1cccc3c1c-2cc1oc(-c2ccc(C#N)cc2)nc13. The number of hydrogen-bond acceptors (Lipinski definition) is 5. The van der Waals surface area contributed by atoms with Crippen LogP contribution in [0.2, 0.25) is 0 Å². The summed E-state index contributed by atoms with van der Waals surface area (Å²) in [5.41, 5.74) is 6.38. The van der Waals surface area contributed by atoms with Gasteiger partial charge in [0.2, 0.25) is 5.89 Å². The molecule has 1 aliphatic heterocycles. The number of benzene rings is 4. The Labute approximate surface area is 216 Å². The van der Waals surface area contributed by atoms with Crippen LogP contribution >= 0.6 is 0 Å².